The van der Waals surface area contributed by atoms with E-state index < -0.39 is 36.6 Å². The van der Waals surface area contributed by atoms with Crippen molar-refractivity contribution < 1.29 is 30.4 Å². The summed E-state index contributed by atoms with van der Waals surface area (Å²) in [7, 11) is -6.64. The summed E-state index contributed by atoms with van der Waals surface area (Å²) in [5, 5.41) is 1.75. The van der Waals surface area contributed by atoms with E-state index in [2.05, 4.69) is 26.2 Å². The van der Waals surface area contributed by atoms with Crippen LogP contribution in [0.4, 0.5) is 20.2 Å². The fourth-order valence-electron chi connectivity index (χ4n) is 4.61. The average molecular weight is 602 g/mol. The first kappa shape index (κ1) is 28.4. The molecule has 0 saturated carbocycles. The van der Waals surface area contributed by atoms with Crippen molar-refractivity contribution in [3.05, 3.63) is 84.5 Å². The summed E-state index contributed by atoms with van der Waals surface area (Å²) in [6.45, 7) is 4.93. The molecule has 0 bridgehead atoms. The first-order valence-electron chi connectivity index (χ1n) is 12.3. The van der Waals surface area contributed by atoms with Gasteiger partial charge in [0.05, 0.1) is 12.6 Å². The smallest absolute Gasteiger partial charge is 0.264 e. The summed E-state index contributed by atoms with van der Waals surface area (Å²) >= 11 is 0. The van der Waals surface area contributed by atoms with Gasteiger partial charge >= 0.3 is 0 Å². The zero-order chi connectivity index (χ0) is 29.4. The number of nitrogens with one attached hydrogen (secondary N) is 1. The van der Waals surface area contributed by atoms with Crippen molar-refractivity contribution in [1.29, 1.82) is 0 Å². The van der Waals surface area contributed by atoms with E-state index in [4.69, 9.17) is 4.74 Å². The van der Waals surface area contributed by atoms with Gasteiger partial charge in [0.2, 0.25) is 15.9 Å². The monoisotopic (exact) mass is 601 g/mol. The highest BCUT2D eigenvalue weighted by atomic mass is 32.2. The van der Waals surface area contributed by atoms with Crippen LogP contribution in [0.2, 0.25) is 0 Å². The number of hydrogen-bond donors (Lipinski definition) is 1. The Bertz CT molecular complexity index is 1860. The van der Waals surface area contributed by atoms with E-state index in [9.17, 15) is 25.6 Å². The van der Waals surface area contributed by atoms with Crippen molar-refractivity contribution in [3.8, 4) is 17.0 Å². The van der Waals surface area contributed by atoms with E-state index >= 15 is 0 Å². The molecule has 0 radical (unpaired) electrons. The lowest BCUT2D eigenvalue weighted by Crippen LogP contribution is -2.48. The van der Waals surface area contributed by atoms with Crippen LogP contribution >= 0.6 is 0 Å². The van der Waals surface area contributed by atoms with Crippen LogP contribution in [0.25, 0.3) is 22.0 Å². The van der Waals surface area contributed by atoms with Crippen molar-refractivity contribution in [2.45, 2.75) is 4.90 Å². The summed E-state index contributed by atoms with van der Waals surface area (Å²) in [4.78, 5) is 10.0. The lowest BCUT2D eigenvalue weighted by atomic mass is 10.0. The first-order chi connectivity index (χ1) is 19.5. The van der Waals surface area contributed by atoms with Crippen LogP contribution in [-0.4, -0.2) is 64.4 Å². The number of rotatable bonds is 8. The van der Waals surface area contributed by atoms with E-state index in [0.717, 1.165) is 28.6 Å². The number of methoxy groups -OCH3 is 1. The second-order valence-corrected chi connectivity index (χ2v) is 12.7. The molecule has 0 amide bonds. The van der Waals surface area contributed by atoms with Gasteiger partial charge in [-0.15, -0.1) is 0 Å². The van der Waals surface area contributed by atoms with Gasteiger partial charge in [0, 0.05) is 66.7 Å². The Kier molecular flexibility index (Phi) is 7.64. The van der Waals surface area contributed by atoms with E-state index in [0.29, 0.717) is 48.9 Å². The third-order valence-electron chi connectivity index (χ3n) is 6.67. The molecule has 2 aromatic heterocycles. The maximum atomic E-state index is 14.3. The number of halogens is 2. The summed E-state index contributed by atoms with van der Waals surface area (Å²) in [5.41, 5.74) is 2.74. The number of fused-ring (bicyclic) bond motifs is 1. The molecule has 1 fully saturated rings. The number of pyridine rings is 2. The molecule has 1 N–H and O–H groups in total. The van der Waals surface area contributed by atoms with E-state index in [1.54, 1.807) is 12.3 Å². The molecule has 2 aromatic carbocycles. The third-order valence-corrected chi connectivity index (χ3v) is 9.58. The Morgan fingerprint density at radius 2 is 1.71 bits per heavy atom. The number of piperazine rings is 1. The Labute approximate surface area is 236 Å². The van der Waals surface area contributed by atoms with Crippen molar-refractivity contribution in [1.82, 2.24) is 14.3 Å². The molecule has 1 saturated heterocycles. The highest BCUT2D eigenvalue weighted by Gasteiger charge is 2.26. The molecular weight excluding hydrogens is 576 g/mol. The standard InChI is InChI=1S/C27H25F2N5O5S2/c1-3-40(35,36)34-12-10-33(11-13-34)25-8-9-30-23-6-4-18(14-21(23)25)19-15-24(27(39-2)31-17-19)32-41(37,38)26-7-5-20(28)16-22(26)29/h3-9,14-17,32H,1,10-13H2,2H3. The van der Waals surface area contributed by atoms with Crippen LogP contribution < -0.4 is 14.4 Å². The van der Waals surface area contributed by atoms with Crippen molar-refractivity contribution >= 4 is 42.3 Å². The van der Waals surface area contributed by atoms with Gasteiger partial charge in [-0.05, 0) is 42.0 Å². The molecule has 41 heavy (non-hydrogen) atoms. The molecule has 14 heteroatoms. The third kappa shape index (κ3) is 5.71. The number of ether oxygens (including phenoxy) is 1. The number of nitrogens with zero attached hydrogens (tertiary/aromatic N) is 4. The van der Waals surface area contributed by atoms with E-state index in [1.165, 1.54) is 23.7 Å². The Morgan fingerprint density at radius 3 is 2.39 bits per heavy atom. The molecule has 10 nitrogen and oxygen atoms in total. The topological polar surface area (TPSA) is 122 Å². The highest BCUT2D eigenvalue weighted by molar-refractivity contribution is 7.92. The van der Waals surface area contributed by atoms with Crippen molar-refractivity contribution in [3.63, 3.8) is 0 Å². The zero-order valence-corrected chi connectivity index (χ0v) is 23.4. The maximum Gasteiger partial charge on any atom is 0.264 e. The van der Waals surface area contributed by atoms with Gasteiger partial charge in [-0.25, -0.2) is 30.6 Å². The molecular formula is C27H25F2N5O5S2. The summed E-state index contributed by atoms with van der Waals surface area (Å²) in [5.74, 6) is -2.19. The first-order valence-corrected chi connectivity index (χ1v) is 15.3. The Hall–Kier alpha value is -4.14. The summed E-state index contributed by atoms with van der Waals surface area (Å²) < 4.78 is 86.7. The second kappa shape index (κ2) is 11.0. The van der Waals surface area contributed by atoms with Gasteiger partial charge in [-0.1, -0.05) is 12.6 Å². The van der Waals surface area contributed by atoms with E-state index in [1.807, 2.05) is 18.2 Å². The van der Waals surface area contributed by atoms with Crippen LogP contribution in [0.15, 0.2) is 77.8 Å². The molecule has 1 aliphatic heterocycles. The van der Waals surface area contributed by atoms with Gasteiger partial charge in [-0.3, -0.25) is 9.71 Å². The lowest BCUT2D eigenvalue weighted by molar-refractivity contribution is 0.390. The zero-order valence-electron chi connectivity index (χ0n) is 21.8. The molecule has 5 rings (SSSR count). The molecule has 214 valence electrons. The van der Waals surface area contributed by atoms with Crippen molar-refractivity contribution in [2.75, 3.05) is 42.9 Å². The highest BCUT2D eigenvalue weighted by Crippen LogP contribution is 2.34. The predicted octanol–water partition coefficient (Wildman–Crippen LogP) is 3.98. The van der Waals surface area contributed by atoms with Crippen molar-refractivity contribution in [2.24, 2.45) is 0 Å². The van der Waals surface area contributed by atoms with Gasteiger partial charge in [0.25, 0.3) is 10.0 Å². The average Bonchev–Trinajstić information content (AvgIpc) is 2.96. The quantitative estimate of drug-likeness (QED) is 0.322. The van der Waals surface area contributed by atoms with E-state index in [-0.39, 0.29) is 11.6 Å². The largest absolute Gasteiger partial charge is 0.480 e. The van der Waals surface area contributed by atoms with Crippen LogP contribution in [0.1, 0.15) is 0 Å². The molecule has 1 aliphatic rings. The fourth-order valence-corrected chi connectivity index (χ4v) is 6.61. The molecule has 0 spiro atoms. The SMILES string of the molecule is C=CS(=O)(=O)N1CCN(c2ccnc3ccc(-c4cnc(OC)c(NS(=O)(=O)c5ccc(F)cc5F)c4)cc23)CC1. The van der Waals surface area contributed by atoms with Gasteiger partial charge in [0.15, 0.2) is 0 Å². The normalized spacial score (nSPS) is 14.7. The number of benzene rings is 2. The fraction of sp³-hybridized carbons (Fsp3) is 0.185. The minimum Gasteiger partial charge on any atom is -0.480 e. The number of sulfonamides is 2. The molecule has 0 atom stereocenters. The van der Waals surface area contributed by atoms with Crippen LogP contribution in [0.5, 0.6) is 5.88 Å². The van der Waals surface area contributed by atoms with Crippen LogP contribution in [0, 0.1) is 11.6 Å². The van der Waals surface area contributed by atoms with Crippen LogP contribution in [-0.2, 0) is 20.0 Å². The van der Waals surface area contributed by atoms with Gasteiger partial charge in [0.1, 0.15) is 22.2 Å². The molecule has 0 aliphatic carbocycles. The number of hydrogen-bond acceptors (Lipinski definition) is 8. The number of anilines is 2. The Morgan fingerprint density at radius 1 is 0.951 bits per heavy atom. The Balaban J connectivity index is 1.49. The number of aromatic nitrogens is 2. The minimum absolute atomic E-state index is 0.0419. The predicted molar refractivity (Wildman–Crippen MR) is 152 cm³/mol. The summed E-state index contributed by atoms with van der Waals surface area (Å²) in [6.07, 6.45) is 3.19. The summed E-state index contributed by atoms with van der Waals surface area (Å²) in [6, 6.07) is 11.0. The molecule has 4 aromatic rings. The molecule has 0 unspecified atom stereocenters. The maximum absolute atomic E-state index is 14.3. The van der Waals surface area contributed by atoms with Gasteiger partial charge in [-0.2, -0.15) is 4.31 Å². The molecule has 3 heterocycles. The van der Waals surface area contributed by atoms with Crippen LogP contribution in [0.3, 0.4) is 0 Å². The second-order valence-electron chi connectivity index (χ2n) is 9.12. The van der Waals surface area contributed by atoms with Gasteiger partial charge < -0.3 is 9.64 Å². The minimum atomic E-state index is -4.45. The lowest BCUT2D eigenvalue weighted by Gasteiger charge is -2.35.